The molecular formula is C13H11IN2O5. The second-order valence-corrected chi connectivity index (χ2v) is 5.17. The first-order chi connectivity index (χ1) is 9.88. The highest BCUT2D eigenvalue weighted by Gasteiger charge is 2.35. The molecule has 0 radical (unpaired) electrons. The third kappa shape index (κ3) is 2.62. The maximum atomic E-state index is 12.0. The van der Waals surface area contributed by atoms with Gasteiger partial charge in [0.2, 0.25) is 11.8 Å². The van der Waals surface area contributed by atoms with Crippen molar-refractivity contribution >= 4 is 57.5 Å². The molecule has 1 heterocycles. The van der Waals surface area contributed by atoms with Gasteiger partial charge in [-0.05, 0) is 12.1 Å². The van der Waals surface area contributed by atoms with Gasteiger partial charge >= 0.3 is 5.97 Å². The summed E-state index contributed by atoms with van der Waals surface area (Å²) in [6.45, 7) is 0. The van der Waals surface area contributed by atoms with Gasteiger partial charge in [0.05, 0.1) is 21.4 Å². The molecule has 1 fully saturated rings. The zero-order valence-electron chi connectivity index (χ0n) is 10.8. The van der Waals surface area contributed by atoms with Crippen LogP contribution in [-0.2, 0) is 9.59 Å². The van der Waals surface area contributed by atoms with Crippen LogP contribution in [0.15, 0.2) is 12.1 Å². The lowest BCUT2D eigenvalue weighted by molar-refractivity contribution is -0.121. The summed E-state index contributed by atoms with van der Waals surface area (Å²) in [5.74, 6) is -2.60. The van der Waals surface area contributed by atoms with E-state index in [0.717, 1.165) is 4.90 Å². The van der Waals surface area contributed by atoms with Gasteiger partial charge < -0.3 is 10.8 Å². The molecule has 0 spiro atoms. The number of carboxylic acids is 1. The number of anilines is 2. The number of benzene rings is 1. The van der Waals surface area contributed by atoms with Crippen LogP contribution in [0.25, 0.3) is 0 Å². The highest BCUT2D eigenvalue weighted by atomic mass is 127. The molecule has 0 aliphatic carbocycles. The second kappa shape index (κ2) is 5.80. The van der Waals surface area contributed by atoms with Gasteiger partial charge in [-0.3, -0.25) is 14.4 Å². The number of carbonyl (C=O) groups excluding carboxylic acids is 3. The first kappa shape index (κ1) is 15.4. The zero-order valence-corrected chi connectivity index (χ0v) is 12.9. The van der Waals surface area contributed by atoms with Gasteiger partial charge in [0.25, 0.3) is 0 Å². The maximum absolute atomic E-state index is 12.0. The van der Waals surface area contributed by atoms with E-state index in [9.17, 15) is 19.2 Å². The normalized spacial score (nSPS) is 14.6. The number of ketones is 1. The monoisotopic (exact) mass is 402 g/mol. The number of carbonyl (C=O) groups is 4. The summed E-state index contributed by atoms with van der Waals surface area (Å²) < 4.78 is 0.118. The Morgan fingerprint density at radius 1 is 1.19 bits per heavy atom. The average Bonchev–Trinajstić information content (AvgIpc) is 2.77. The molecule has 0 aromatic heterocycles. The van der Waals surface area contributed by atoms with Crippen LogP contribution >= 0.6 is 22.6 Å². The van der Waals surface area contributed by atoms with Crippen molar-refractivity contribution in [2.75, 3.05) is 15.1 Å². The van der Waals surface area contributed by atoms with Gasteiger partial charge in [-0.25, -0.2) is 9.69 Å². The Hall–Kier alpha value is -1.97. The molecule has 1 aliphatic rings. The quantitative estimate of drug-likeness (QED) is 0.257. The number of rotatable bonds is 4. The van der Waals surface area contributed by atoms with E-state index in [0.29, 0.717) is 0 Å². The van der Waals surface area contributed by atoms with Crippen LogP contribution in [0.4, 0.5) is 11.4 Å². The molecule has 0 unspecified atom stereocenters. The van der Waals surface area contributed by atoms with Crippen molar-refractivity contribution in [3.05, 3.63) is 23.3 Å². The highest BCUT2D eigenvalue weighted by Crippen LogP contribution is 2.35. The predicted octanol–water partition coefficient (Wildman–Crippen LogP) is 1.24. The summed E-state index contributed by atoms with van der Waals surface area (Å²) in [6.07, 6.45) is 0.0425. The van der Waals surface area contributed by atoms with Crippen molar-refractivity contribution in [2.45, 2.75) is 12.8 Å². The van der Waals surface area contributed by atoms with Crippen LogP contribution in [0.2, 0.25) is 0 Å². The molecule has 21 heavy (non-hydrogen) atoms. The van der Waals surface area contributed by atoms with Gasteiger partial charge in [-0.2, -0.15) is 0 Å². The number of nitrogens with zero attached hydrogens (tertiary/aromatic N) is 1. The number of aromatic carboxylic acids is 1. The molecule has 1 aromatic rings. The van der Waals surface area contributed by atoms with Crippen LogP contribution in [-0.4, -0.2) is 33.1 Å². The van der Waals surface area contributed by atoms with Crippen LogP contribution in [0, 0.1) is 0 Å². The number of halogens is 1. The van der Waals surface area contributed by atoms with Crippen molar-refractivity contribution in [2.24, 2.45) is 0 Å². The lowest BCUT2D eigenvalue weighted by atomic mass is 10.0. The Labute approximate surface area is 133 Å². The smallest absolute Gasteiger partial charge is 0.337 e. The molecule has 1 aliphatic heterocycles. The van der Waals surface area contributed by atoms with Gasteiger partial charge in [0, 0.05) is 18.4 Å². The average molecular weight is 402 g/mol. The summed E-state index contributed by atoms with van der Waals surface area (Å²) in [4.78, 5) is 47.7. The highest BCUT2D eigenvalue weighted by molar-refractivity contribution is 14.1. The van der Waals surface area contributed by atoms with Crippen molar-refractivity contribution < 1.29 is 24.3 Å². The number of amides is 2. The van der Waals surface area contributed by atoms with Gasteiger partial charge in [-0.15, -0.1) is 0 Å². The van der Waals surface area contributed by atoms with E-state index >= 15 is 0 Å². The SMILES string of the molecule is Nc1c(C(=O)O)ccc(C(=O)CI)c1N1C(=O)CCC1=O. The van der Waals surface area contributed by atoms with E-state index in [-0.39, 0.29) is 45.6 Å². The summed E-state index contributed by atoms with van der Waals surface area (Å²) in [6, 6.07) is 2.49. The molecule has 1 aromatic carbocycles. The van der Waals surface area contributed by atoms with Crippen molar-refractivity contribution in [3.63, 3.8) is 0 Å². The minimum Gasteiger partial charge on any atom is -0.478 e. The zero-order chi connectivity index (χ0) is 15.7. The van der Waals surface area contributed by atoms with Crippen LogP contribution < -0.4 is 10.6 Å². The summed E-state index contributed by atoms with van der Waals surface area (Å²) in [5.41, 5.74) is 5.28. The van der Waals surface area contributed by atoms with Crippen molar-refractivity contribution in [1.82, 2.24) is 0 Å². The second-order valence-electron chi connectivity index (χ2n) is 4.41. The Morgan fingerprint density at radius 2 is 1.71 bits per heavy atom. The molecule has 110 valence electrons. The van der Waals surface area contributed by atoms with Gasteiger partial charge in [0.1, 0.15) is 0 Å². The molecule has 0 saturated carbocycles. The van der Waals surface area contributed by atoms with Crippen LogP contribution in [0.3, 0.4) is 0 Å². The lowest BCUT2D eigenvalue weighted by Gasteiger charge is -2.20. The molecular weight excluding hydrogens is 391 g/mol. The first-order valence-corrected chi connectivity index (χ1v) is 7.51. The number of carboxylic acid groups (broad SMARTS) is 1. The molecule has 0 atom stereocenters. The fourth-order valence-corrected chi connectivity index (χ4v) is 2.57. The molecule has 7 nitrogen and oxygen atoms in total. The summed E-state index contributed by atoms with van der Waals surface area (Å²) >= 11 is 1.85. The Kier molecular flexibility index (Phi) is 4.26. The molecule has 1 saturated heterocycles. The fourth-order valence-electron chi connectivity index (χ4n) is 2.16. The van der Waals surface area contributed by atoms with Crippen molar-refractivity contribution in [1.29, 1.82) is 0 Å². The fraction of sp³-hybridized carbons (Fsp3) is 0.231. The maximum Gasteiger partial charge on any atom is 0.337 e. The van der Waals surface area contributed by atoms with Gasteiger partial charge in [0.15, 0.2) is 5.78 Å². The lowest BCUT2D eigenvalue weighted by Crippen LogP contribution is -2.31. The largest absolute Gasteiger partial charge is 0.478 e. The third-order valence-corrected chi connectivity index (χ3v) is 3.84. The Bertz CT molecular complexity index is 655. The van der Waals surface area contributed by atoms with E-state index in [2.05, 4.69) is 0 Å². The summed E-state index contributed by atoms with van der Waals surface area (Å²) in [7, 11) is 0. The van der Waals surface area contributed by atoms with E-state index in [1.54, 1.807) is 0 Å². The Balaban J connectivity index is 2.72. The van der Waals surface area contributed by atoms with Crippen LogP contribution in [0.5, 0.6) is 0 Å². The van der Waals surface area contributed by atoms with E-state index in [1.165, 1.54) is 12.1 Å². The predicted molar refractivity (Wildman–Crippen MR) is 82.8 cm³/mol. The molecule has 2 rings (SSSR count). The number of hydrogen-bond donors (Lipinski definition) is 2. The molecule has 0 bridgehead atoms. The Morgan fingerprint density at radius 3 is 2.19 bits per heavy atom. The van der Waals surface area contributed by atoms with E-state index in [4.69, 9.17) is 10.8 Å². The number of hydrogen-bond acceptors (Lipinski definition) is 5. The number of Topliss-reactive ketones (excluding diaryl/α,β-unsaturated/α-hetero) is 1. The number of nitrogens with two attached hydrogens (primary N) is 1. The van der Waals surface area contributed by atoms with Gasteiger partial charge in [-0.1, -0.05) is 22.6 Å². The number of nitrogen functional groups attached to an aromatic ring is 1. The number of alkyl halides is 1. The molecule has 2 amide bonds. The molecule has 3 N–H and O–H groups in total. The van der Waals surface area contributed by atoms with Crippen molar-refractivity contribution in [3.8, 4) is 0 Å². The van der Waals surface area contributed by atoms with E-state index in [1.807, 2.05) is 22.6 Å². The minimum atomic E-state index is -1.29. The van der Waals surface area contributed by atoms with E-state index < -0.39 is 17.8 Å². The first-order valence-electron chi connectivity index (χ1n) is 5.99. The molecule has 8 heteroatoms. The summed E-state index contributed by atoms with van der Waals surface area (Å²) in [5, 5.41) is 9.10. The minimum absolute atomic E-state index is 0.0213. The number of imide groups is 1. The third-order valence-electron chi connectivity index (χ3n) is 3.14. The standard InChI is InChI=1S/C13H11IN2O5/c14-5-8(17)6-1-2-7(13(20)21)11(15)12(6)16-9(18)3-4-10(16)19/h1-2H,3-5,15H2,(H,20,21). The topological polar surface area (TPSA) is 118 Å². The van der Waals surface area contributed by atoms with Crippen LogP contribution in [0.1, 0.15) is 33.6 Å².